The van der Waals surface area contributed by atoms with Crippen molar-refractivity contribution in [2.24, 2.45) is 0 Å². The first-order valence-corrected chi connectivity index (χ1v) is 10.6. The van der Waals surface area contributed by atoms with Crippen molar-refractivity contribution in [3.05, 3.63) is 69.5 Å². The Morgan fingerprint density at radius 1 is 1.12 bits per heavy atom. The van der Waals surface area contributed by atoms with Crippen molar-refractivity contribution >= 4 is 40.2 Å². The second-order valence-corrected chi connectivity index (χ2v) is 8.17. The lowest BCUT2D eigenvalue weighted by Gasteiger charge is -2.29. The molecule has 172 valence electrons. The fourth-order valence-corrected chi connectivity index (χ4v) is 4.35. The number of anilines is 1. The number of aromatic nitrogens is 1. The smallest absolute Gasteiger partial charge is 0.261 e. The zero-order chi connectivity index (χ0) is 24.0. The Morgan fingerprint density at radius 3 is 2.71 bits per heavy atom. The predicted molar refractivity (Wildman–Crippen MR) is 122 cm³/mol. The third-order valence-corrected chi connectivity index (χ3v) is 6.11. The van der Waals surface area contributed by atoms with Crippen LogP contribution in [0.25, 0.3) is 10.9 Å². The van der Waals surface area contributed by atoms with Crippen LogP contribution in [0.4, 0.5) is 5.69 Å². The summed E-state index contributed by atoms with van der Waals surface area (Å²) in [6, 6.07) is 8.99. The van der Waals surface area contributed by atoms with E-state index in [0.29, 0.717) is 33.5 Å². The first kappa shape index (κ1) is 21.4. The molecule has 4 amide bonds. The summed E-state index contributed by atoms with van der Waals surface area (Å²) in [4.78, 5) is 66.5. The third-order valence-electron chi connectivity index (χ3n) is 6.11. The number of nitrogens with one attached hydrogen (secondary N) is 3. The lowest BCUT2D eigenvalue weighted by molar-refractivity contribution is -0.136. The molecule has 2 aliphatic heterocycles. The molecule has 1 saturated heterocycles. The van der Waals surface area contributed by atoms with Crippen molar-refractivity contribution in [1.82, 2.24) is 15.2 Å². The largest absolute Gasteiger partial charge is 0.497 e. The number of methoxy groups -OCH3 is 1. The summed E-state index contributed by atoms with van der Waals surface area (Å²) in [6.07, 6.45) is 1.79. The van der Waals surface area contributed by atoms with Gasteiger partial charge in [0.15, 0.2) is 0 Å². The van der Waals surface area contributed by atoms with Crippen LogP contribution in [0, 0.1) is 0 Å². The van der Waals surface area contributed by atoms with Gasteiger partial charge in [0, 0.05) is 41.9 Å². The number of H-pyrrole nitrogens is 1. The molecule has 1 aromatic heterocycles. The van der Waals surface area contributed by atoms with Crippen LogP contribution in [0.1, 0.15) is 39.1 Å². The van der Waals surface area contributed by atoms with Crippen molar-refractivity contribution in [1.29, 1.82) is 0 Å². The van der Waals surface area contributed by atoms with E-state index in [1.165, 1.54) is 18.2 Å². The Morgan fingerprint density at radius 2 is 1.94 bits per heavy atom. The minimum Gasteiger partial charge on any atom is -0.497 e. The zero-order valence-corrected chi connectivity index (χ0v) is 18.1. The Hall–Kier alpha value is -4.47. The molecule has 0 spiro atoms. The van der Waals surface area contributed by atoms with Crippen LogP contribution in [0.5, 0.6) is 5.75 Å². The van der Waals surface area contributed by atoms with E-state index in [0.717, 1.165) is 0 Å². The maximum Gasteiger partial charge on any atom is 0.261 e. The van der Waals surface area contributed by atoms with E-state index < -0.39 is 23.3 Å². The van der Waals surface area contributed by atoms with Gasteiger partial charge in [-0.25, -0.2) is 0 Å². The number of pyridine rings is 1. The van der Waals surface area contributed by atoms with Gasteiger partial charge in [-0.3, -0.25) is 29.3 Å². The molecule has 0 radical (unpaired) electrons. The second-order valence-electron chi connectivity index (χ2n) is 8.17. The molecule has 10 heteroatoms. The van der Waals surface area contributed by atoms with Gasteiger partial charge in [0.05, 0.1) is 12.6 Å². The van der Waals surface area contributed by atoms with E-state index in [1.807, 2.05) is 0 Å². The molecule has 3 N–H and O–H groups in total. The van der Waals surface area contributed by atoms with Crippen LogP contribution >= 0.6 is 0 Å². The number of carbonyl (C=O) groups excluding carboxylic acids is 4. The Kier molecular flexibility index (Phi) is 5.12. The summed E-state index contributed by atoms with van der Waals surface area (Å²) < 4.78 is 5.15. The van der Waals surface area contributed by atoms with E-state index in [2.05, 4.69) is 15.6 Å². The summed E-state index contributed by atoms with van der Waals surface area (Å²) in [5.41, 5.74) is 1.56. The van der Waals surface area contributed by atoms with Gasteiger partial charge in [0.1, 0.15) is 17.4 Å². The summed E-state index contributed by atoms with van der Waals surface area (Å²) >= 11 is 0. The lowest BCUT2D eigenvalue weighted by Crippen LogP contribution is -2.52. The average molecular weight is 460 g/mol. The Labute approximate surface area is 192 Å². The molecule has 1 unspecified atom stereocenters. The number of hydrogen-bond acceptors (Lipinski definition) is 6. The topological polar surface area (TPSA) is 138 Å². The summed E-state index contributed by atoms with van der Waals surface area (Å²) in [7, 11) is 1.52. The molecular weight excluding hydrogens is 440 g/mol. The van der Waals surface area contributed by atoms with E-state index in [-0.39, 0.29) is 36.8 Å². The highest BCUT2D eigenvalue weighted by Gasteiger charge is 2.39. The predicted octanol–water partition coefficient (Wildman–Crippen LogP) is 1.55. The average Bonchev–Trinajstić information content (AvgIpc) is 3.14. The highest BCUT2D eigenvalue weighted by molar-refractivity contribution is 6.07. The quantitative estimate of drug-likeness (QED) is 0.505. The summed E-state index contributed by atoms with van der Waals surface area (Å²) in [5.74, 6) is -1.15. The maximum absolute atomic E-state index is 12.8. The summed E-state index contributed by atoms with van der Waals surface area (Å²) in [6.45, 7) is 0.183. The molecule has 0 bridgehead atoms. The van der Waals surface area contributed by atoms with Gasteiger partial charge in [-0.2, -0.15) is 0 Å². The highest BCUT2D eigenvalue weighted by atomic mass is 16.5. The number of aromatic amines is 1. The molecule has 10 nitrogen and oxygen atoms in total. The number of rotatable bonds is 4. The highest BCUT2D eigenvalue weighted by Crippen LogP contribution is 2.29. The van der Waals surface area contributed by atoms with Crippen LogP contribution in [0.2, 0.25) is 0 Å². The molecule has 1 atom stereocenters. The second kappa shape index (κ2) is 8.14. The van der Waals surface area contributed by atoms with E-state index in [9.17, 15) is 24.0 Å². The van der Waals surface area contributed by atoms with Crippen LogP contribution in [-0.2, 0) is 16.1 Å². The number of hydrogen-bond donors (Lipinski definition) is 3. The molecule has 0 saturated carbocycles. The van der Waals surface area contributed by atoms with Crippen molar-refractivity contribution in [3.63, 3.8) is 0 Å². The number of piperidine rings is 1. The Bertz CT molecular complexity index is 1440. The van der Waals surface area contributed by atoms with E-state index in [4.69, 9.17) is 4.74 Å². The molecule has 3 aromatic rings. The SMILES string of the molecule is COc1ccc2c(=O)c(C(=O)Nc3ccc4c(c3)CN(C3CCC(=O)NC3=O)C4=O)c[nH]c2c1. The molecule has 1 fully saturated rings. The number of ether oxygens (including phenoxy) is 1. The molecule has 34 heavy (non-hydrogen) atoms. The van der Waals surface area contributed by atoms with Gasteiger partial charge in [-0.05, 0) is 42.3 Å². The fourth-order valence-electron chi connectivity index (χ4n) is 4.35. The van der Waals surface area contributed by atoms with Crippen molar-refractivity contribution < 1.29 is 23.9 Å². The number of nitrogens with zero attached hydrogens (tertiary/aromatic N) is 1. The molecule has 3 heterocycles. The normalized spacial score (nSPS) is 17.5. The molecule has 0 aliphatic carbocycles. The minimum absolute atomic E-state index is 0.0561. The Balaban J connectivity index is 1.36. The minimum atomic E-state index is -0.717. The van der Waals surface area contributed by atoms with Gasteiger partial charge in [0.25, 0.3) is 11.8 Å². The van der Waals surface area contributed by atoms with E-state index in [1.54, 1.807) is 36.4 Å². The standard InChI is InChI=1S/C24H20N4O6/c1-34-14-3-5-16-18(9-14)25-10-17(21(16)30)22(31)26-13-2-4-15-12(8-13)11-28(24(15)33)19-6-7-20(29)27-23(19)32/h2-5,8-10,19H,6-7,11H2,1H3,(H,25,30)(H,26,31)(H,27,29,32). The van der Waals surface area contributed by atoms with Gasteiger partial charge < -0.3 is 19.9 Å². The van der Waals surface area contributed by atoms with Crippen LogP contribution in [0.15, 0.2) is 47.4 Å². The maximum atomic E-state index is 12.8. The van der Waals surface area contributed by atoms with Crippen LogP contribution in [-0.4, -0.2) is 46.7 Å². The van der Waals surface area contributed by atoms with E-state index >= 15 is 0 Å². The number of benzene rings is 2. The number of fused-ring (bicyclic) bond motifs is 2. The first-order valence-electron chi connectivity index (χ1n) is 10.6. The van der Waals surface area contributed by atoms with Gasteiger partial charge in [0.2, 0.25) is 17.2 Å². The monoisotopic (exact) mass is 460 g/mol. The van der Waals surface area contributed by atoms with Crippen molar-refractivity contribution in [2.75, 3.05) is 12.4 Å². The fraction of sp³-hybridized carbons (Fsp3) is 0.208. The number of carbonyl (C=O) groups is 4. The molecular formula is C24H20N4O6. The number of imide groups is 1. The van der Waals surface area contributed by atoms with Gasteiger partial charge in [-0.1, -0.05) is 0 Å². The van der Waals surface area contributed by atoms with Gasteiger partial charge >= 0.3 is 0 Å². The molecule has 5 rings (SSSR count). The number of amides is 4. The molecule has 2 aliphatic rings. The lowest BCUT2D eigenvalue weighted by atomic mass is 10.0. The van der Waals surface area contributed by atoms with Crippen molar-refractivity contribution in [2.45, 2.75) is 25.4 Å². The van der Waals surface area contributed by atoms with Crippen molar-refractivity contribution in [3.8, 4) is 5.75 Å². The third kappa shape index (κ3) is 3.58. The first-order chi connectivity index (χ1) is 16.4. The van der Waals surface area contributed by atoms with Gasteiger partial charge in [-0.15, -0.1) is 0 Å². The molecule has 2 aromatic carbocycles. The summed E-state index contributed by atoms with van der Waals surface area (Å²) in [5, 5.41) is 5.32. The van der Waals surface area contributed by atoms with Crippen LogP contribution < -0.4 is 20.8 Å². The van der Waals surface area contributed by atoms with Crippen LogP contribution in [0.3, 0.4) is 0 Å². The zero-order valence-electron chi connectivity index (χ0n) is 18.1.